The zero-order chi connectivity index (χ0) is 15.2. The Labute approximate surface area is 110 Å². The number of nitriles is 1. The molecule has 4 nitrogen and oxygen atoms in total. The maximum absolute atomic E-state index is 10.9. The van der Waals surface area contributed by atoms with E-state index in [-0.39, 0.29) is 11.7 Å². The van der Waals surface area contributed by atoms with Crippen molar-refractivity contribution in [1.82, 2.24) is 5.32 Å². The van der Waals surface area contributed by atoms with Crippen LogP contribution in [0.3, 0.4) is 0 Å². The number of carbonyl (C=O) groups excluding carboxylic acids is 2. The van der Waals surface area contributed by atoms with Gasteiger partial charge in [0.05, 0.1) is 6.07 Å². The molecule has 1 amide bonds. The van der Waals surface area contributed by atoms with Crippen molar-refractivity contribution in [2.24, 2.45) is 0 Å². The van der Waals surface area contributed by atoms with Gasteiger partial charge in [0.1, 0.15) is 5.78 Å². The van der Waals surface area contributed by atoms with Gasteiger partial charge < -0.3 is 5.32 Å². The minimum absolute atomic E-state index is 0.0596. The first-order chi connectivity index (χ1) is 8.29. The van der Waals surface area contributed by atoms with Crippen molar-refractivity contribution in [3.05, 3.63) is 38.5 Å². The Balaban J connectivity index is -0.000000317. The molecule has 0 atom stereocenters. The first kappa shape index (κ1) is 21.2. The highest BCUT2D eigenvalue weighted by molar-refractivity contribution is 5.88. The van der Waals surface area contributed by atoms with Crippen LogP contribution in [0.1, 0.15) is 27.2 Å². The number of hydrogen-bond acceptors (Lipinski definition) is 3. The fraction of sp³-hybridized carbons (Fsp3) is 0.357. The van der Waals surface area contributed by atoms with E-state index in [0.717, 1.165) is 0 Å². The van der Waals surface area contributed by atoms with Gasteiger partial charge in [0.25, 0.3) is 0 Å². The first-order valence-electron chi connectivity index (χ1n) is 5.23. The standard InChI is InChI=1S/C9H15NO2.C3H3N.C2H4/c1-5-8(12)10-9(3,4)6-7(2)11;1-2-3-4;1-2/h5H,1,6H2,2-4H3,(H,10,12);2H,1H2;1-2H2. The van der Waals surface area contributed by atoms with E-state index in [4.69, 9.17) is 5.26 Å². The van der Waals surface area contributed by atoms with Crippen LogP contribution in [-0.4, -0.2) is 17.2 Å². The lowest BCUT2D eigenvalue weighted by Crippen LogP contribution is -2.43. The molecule has 0 aromatic rings. The Bertz CT molecular complexity index is 325. The molecule has 0 aromatic heterocycles. The summed E-state index contributed by atoms with van der Waals surface area (Å²) >= 11 is 0. The Morgan fingerprint density at radius 3 is 1.94 bits per heavy atom. The maximum atomic E-state index is 10.9. The van der Waals surface area contributed by atoms with Crippen LogP contribution in [0.5, 0.6) is 0 Å². The Hall–Kier alpha value is -2.15. The van der Waals surface area contributed by atoms with Gasteiger partial charge in [-0.15, -0.1) is 13.2 Å². The summed E-state index contributed by atoms with van der Waals surface area (Å²) in [6.07, 6.45) is 2.72. The SMILES string of the molecule is C=C.C=CC#N.C=CC(=O)NC(C)(C)CC(C)=O. The highest BCUT2D eigenvalue weighted by Crippen LogP contribution is 2.08. The number of carbonyl (C=O) groups is 2. The number of nitrogens with one attached hydrogen (secondary N) is 1. The van der Waals surface area contributed by atoms with E-state index < -0.39 is 5.54 Å². The topological polar surface area (TPSA) is 70.0 Å². The van der Waals surface area contributed by atoms with E-state index in [2.05, 4.69) is 31.6 Å². The van der Waals surface area contributed by atoms with Crippen LogP contribution in [0, 0.1) is 11.3 Å². The quantitative estimate of drug-likeness (QED) is 0.473. The van der Waals surface area contributed by atoms with Gasteiger partial charge >= 0.3 is 0 Å². The molecule has 0 bridgehead atoms. The summed E-state index contributed by atoms with van der Waals surface area (Å²) in [7, 11) is 0. The summed E-state index contributed by atoms with van der Waals surface area (Å²) < 4.78 is 0. The highest BCUT2D eigenvalue weighted by atomic mass is 16.1. The van der Waals surface area contributed by atoms with Crippen molar-refractivity contribution in [2.75, 3.05) is 0 Å². The minimum atomic E-state index is -0.475. The number of hydrogen-bond donors (Lipinski definition) is 1. The Morgan fingerprint density at radius 1 is 1.33 bits per heavy atom. The van der Waals surface area contributed by atoms with Gasteiger partial charge in [-0.3, -0.25) is 9.59 Å². The molecular formula is C14H22N2O2. The molecule has 0 rings (SSSR count). The molecule has 18 heavy (non-hydrogen) atoms. The molecule has 0 fully saturated rings. The van der Waals surface area contributed by atoms with Crippen LogP contribution in [0.15, 0.2) is 38.5 Å². The summed E-state index contributed by atoms with van der Waals surface area (Å²) in [5.41, 5.74) is -0.475. The van der Waals surface area contributed by atoms with Gasteiger partial charge in [0.15, 0.2) is 0 Å². The van der Waals surface area contributed by atoms with Crippen molar-refractivity contribution in [1.29, 1.82) is 5.26 Å². The molecule has 1 N–H and O–H groups in total. The van der Waals surface area contributed by atoms with E-state index in [1.54, 1.807) is 19.9 Å². The van der Waals surface area contributed by atoms with Gasteiger partial charge in [0.2, 0.25) is 5.91 Å². The summed E-state index contributed by atoms with van der Waals surface area (Å²) in [5, 5.41) is 10.2. The third kappa shape index (κ3) is 19.4. The molecule has 0 heterocycles. The van der Waals surface area contributed by atoms with Gasteiger partial charge in [0, 0.05) is 18.0 Å². The van der Waals surface area contributed by atoms with E-state index in [1.165, 1.54) is 19.1 Å². The molecule has 0 radical (unpaired) electrons. The third-order valence-electron chi connectivity index (χ3n) is 1.43. The number of allylic oxidation sites excluding steroid dienone is 1. The monoisotopic (exact) mass is 250 g/mol. The average Bonchev–Trinajstić information content (AvgIpc) is 2.29. The Kier molecular flexibility index (Phi) is 15.2. The lowest BCUT2D eigenvalue weighted by Gasteiger charge is -2.23. The average molecular weight is 250 g/mol. The summed E-state index contributed by atoms with van der Waals surface area (Å²) in [6.45, 7) is 17.5. The van der Waals surface area contributed by atoms with Crippen LogP contribution in [0.2, 0.25) is 0 Å². The predicted octanol–water partition coefficient (Wildman–Crippen LogP) is 2.54. The number of amides is 1. The van der Waals surface area contributed by atoms with E-state index >= 15 is 0 Å². The van der Waals surface area contributed by atoms with Crippen LogP contribution >= 0.6 is 0 Å². The number of nitrogens with zero attached hydrogens (tertiary/aromatic N) is 1. The van der Waals surface area contributed by atoms with Crippen LogP contribution in [0.25, 0.3) is 0 Å². The molecule has 4 heteroatoms. The first-order valence-corrected chi connectivity index (χ1v) is 5.23. The highest BCUT2D eigenvalue weighted by Gasteiger charge is 2.20. The number of ketones is 1. The van der Waals surface area contributed by atoms with Crippen molar-refractivity contribution < 1.29 is 9.59 Å². The second kappa shape index (κ2) is 12.9. The van der Waals surface area contributed by atoms with E-state index in [0.29, 0.717) is 6.42 Å². The molecule has 0 aliphatic heterocycles. The van der Waals surface area contributed by atoms with Crippen LogP contribution in [-0.2, 0) is 9.59 Å². The minimum Gasteiger partial charge on any atom is -0.347 e. The lowest BCUT2D eigenvalue weighted by molar-refractivity contribution is -0.120. The fourth-order valence-electron chi connectivity index (χ4n) is 1.05. The predicted molar refractivity (Wildman–Crippen MR) is 74.8 cm³/mol. The number of Topliss-reactive ketones (excluding diaryl/α,β-unsaturated/α-hetero) is 1. The second-order valence-electron chi connectivity index (χ2n) is 3.79. The van der Waals surface area contributed by atoms with Crippen LogP contribution < -0.4 is 5.32 Å². The Morgan fingerprint density at radius 2 is 1.72 bits per heavy atom. The van der Waals surface area contributed by atoms with Gasteiger partial charge in [-0.25, -0.2) is 0 Å². The van der Waals surface area contributed by atoms with Crippen LogP contribution in [0.4, 0.5) is 0 Å². The molecule has 0 saturated heterocycles. The lowest BCUT2D eigenvalue weighted by atomic mass is 9.98. The molecule has 0 unspecified atom stereocenters. The van der Waals surface area contributed by atoms with Crippen molar-refractivity contribution >= 4 is 11.7 Å². The smallest absolute Gasteiger partial charge is 0.243 e. The zero-order valence-corrected chi connectivity index (χ0v) is 11.5. The summed E-state index contributed by atoms with van der Waals surface area (Å²) in [4.78, 5) is 21.6. The molecule has 100 valence electrons. The largest absolute Gasteiger partial charge is 0.347 e. The van der Waals surface area contributed by atoms with Gasteiger partial charge in [-0.2, -0.15) is 5.26 Å². The van der Waals surface area contributed by atoms with E-state index in [1.807, 2.05) is 0 Å². The molecule has 0 saturated carbocycles. The van der Waals surface area contributed by atoms with Gasteiger partial charge in [-0.1, -0.05) is 13.2 Å². The number of rotatable bonds is 4. The van der Waals surface area contributed by atoms with Crippen molar-refractivity contribution in [3.8, 4) is 6.07 Å². The molecule has 0 aromatic carbocycles. The normalized spacial score (nSPS) is 8.11. The summed E-state index contributed by atoms with van der Waals surface area (Å²) in [5.74, 6) is -0.189. The van der Waals surface area contributed by atoms with Crippen molar-refractivity contribution in [3.63, 3.8) is 0 Å². The molecule has 0 aliphatic carbocycles. The third-order valence-corrected chi connectivity index (χ3v) is 1.43. The molecule has 0 aliphatic rings. The van der Waals surface area contributed by atoms with Gasteiger partial charge in [-0.05, 0) is 26.8 Å². The maximum Gasteiger partial charge on any atom is 0.243 e. The van der Waals surface area contributed by atoms with Crippen molar-refractivity contribution in [2.45, 2.75) is 32.7 Å². The van der Waals surface area contributed by atoms with E-state index in [9.17, 15) is 9.59 Å². The summed E-state index contributed by atoms with van der Waals surface area (Å²) in [6, 6.07) is 1.69. The zero-order valence-electron chi connectivity index (χ0n) is 11.5. The second-order valence-corrected chi connectivity index (χ2v) is 3.79. The molecular weight excluding hydrogens is 228 g/mol. The fourth-order valence-corrected chi connectivity index (χ4v) is 1.05. The molecule has 0 spiro atoms.